The lowest BCUT2D eigenvalue weighted by Crippen LogP contribution is -2.30. The molecule has 1 unspecified atom stereocenters. The van der Waals surface area contributed by atoms with Crippen LogP contribution in [-0.4, -0.2) is 25.5 Å². The lowest BCUT2D eigenvalue weighted by molar-refractivity contribution is -0.139. The molecule has 1 aromatic carbocycles. The topological polar surface area (TPSA) is 83.5 Å². The Bertz CT molecular complexity index is 549. The van der Waals surface area contributed by atoms with E-state index in [4.69, 9.17) is 0 Å². The summed E-state index contributed by atoms with van der Waals surface area (Å²) in [6, 6.07) is 5.86. The highest BCUT2D eigenvalue weighted by atomic mass is 32.2. The number of hydrogen-bond donors (Lipinski definition) is 2. The van der Waals surface area contributed by atoms with Crippen molar-refractivity contribution in [3.05, 3.63) is 29.8 Å². The minimum Gasteiger partial charge on any atom is -0.481 e. The standard InChI is InChI=1S/C14H21NO4S/c1-4-5-13(14(16)17)11-6-8-12(9-7-11)20(18,19)15-10(2)3/h6-10,13,15H,4-5H2,1-3H3,(H,16,17). The molecule has 5 nitrogen and oxygen atoms in total. The van der Waals surface area contributed by atoms with E-state index in [1.54, 1.807) is 26.0 Å². The van der Waals surface area contributed by atoms with Crippen LogP contribution in [0, 0.1) is 0 Å². The lowest BCUT2D eigenvalue weighted by Gasteiger charge is -2.13. The summed E-state index contributed by atoms with van der Waals surface area (Å²) in [6.07, 6.45) is 1.29. The molecule has 0 fully saturated rings. The molecule has 0 bridgehead atoms. The van der Waals surface area contributed by atoms with E-state index in [9.17, 15) is 18.3 Å². The molecular formula is C14H21NO4S. The summed E-state index contributed by atoms with van der Waals surface area (Å²) in [5.74, 6) is -1.47. The van der Waals surface area contributed by atoms with Crippen molar-refractivity contribution < 1.29 is 18.3 Å². The van der Waals surface area contributed by atoms with Crippen LogP contribution in [0.1, 0.15) is 45.1 Å². The molecule has 0 aliphatic carbocycles. The molecule has 0 radical (unpaired) electrons. The summed E-state index contributed by atoms with van der Waals surface area (Å²) >= 11 is 0. The Morgan fingerprint density at radius 1 is 1.25 bits per heavy atom. The van der Waals surface area contributed by atoms with Gasteiger partial charge in [0.05, 0.1) is 10.8 Å². The van der Waals surface area contributed by atoms with Gasteiger partial charge in [-0.15, -0.1) is 0 Å². The van der Waals surface area contributed by atoms with Gasteiger partial charge in [-0.3, -0.25) is 4.79 Å². The quantitative estimate of drug-likeness (QED) is 0.809. The molecule has 20 heavy (non-hydrogen) atoms. The molecule has 112 valence electrons. The van der Waals surface area contributed by atoms with Gasteiger partial charge in [0.1, 0.15) is 0 Å². The molecule has 1 rings (SSSR count). The monoisotopic (exact) mass is 299 g/mol. The number of sulfonamides is 1. The van der Waals surface area contributed by atoms with Crippen LogP contribution in [0.15, 0.2) is 29.2 Å². The largest absolute Gasteiger partial charge is 0.481 e. The van der Waals surface area contributed by atoms with Gasteiger partial charge in [0.2, 0.25) is 10.0 Å². The summed E-state index contributed by atoms with van der Waals surface area (Å²) < 4.78 is 26.4. The van der Waals surface area contributed by atoms with E-state index >= 15 is 0 Å². The van der Waals surface area contributed by atoms with Crippen LogP contribution >= 0.6 is 0 Å². The molecule has 0 aliphatic rings. The Kier molecular flexibility index (Phi) is 5.71. The van der Waals surface area contributed by atoms with Crippen molar-refractivity contribution in [2.45, 2.75) is 50.5 Å². The van der Waals surface area contributed by atoms with E-state index in [0.29, 0.717) is 12.0 Å². The van der Waals surface area contributed by atoms with Crippen LogP contribution in [0.2, 0.25) is 0 Å². The zero-order valence-corrected chi connectivity index (χ0v) is 12.8. The van der Waals surface area contributed by atoms with Gasteiger partial charge in [0, 0.05) is 6.04 Å². The van der Waals surface area contributed by atoms with Gasteiger partial charge in [-0.25, -0.2) is 13.1 Å². The number of benzene rings is 1. The Morgan fingerprint density at radius 3 is 2.20 bits per heavy atom. The Hall–Kier alpha value is -1.40. The molecule has 0 heterocycles. The fourth-order valence-electron chi connectivity index (χ4n) is 1.98. The second-order valence-electron chi connectivity index (χ2n) is 5.02. The minimum absolute atomic E-state index is 0.149. The number of aliphatic carboxylic acids is 1. The molecule has 1 atom stereocenters. The van der Waals surface area contributed by atoms with E-state index in [0.717, 1.165) is 6.42 Å². The number of rotatable bonds is 7. The highest BCUT2D eigenvalue weighted by molar-refractivity contribution is 7.89. The number of carbonyl (C=O) groups is 1. The van der Waals surface area contributed by atoms with Crippen LogP contribution in [0.25, 0.3) is 0 Å². The van der Waals surface area contributed by atoms with Crippen molar-refractivity contribution in [1.29, 1.82) is 0 Å². The fourth-order valence-corrected chi connectivity index (χ4v) is 3.23. The second-order valence-corrected chi connectivity index (χ2v) is 6.74. The predicted octanol–water partition coefficient (Wildman–Crippen LogP) is 2.34. The minimum atomic E-state index is -3.53. The van der Waals surface area contributed by atoms with Crippen molar-refractivity contribution in [1.82, 2.24) is 4.72 Å². The summed E-state index contributed by atoms with van der Waals surface area (Å²) in [5.41, 5.74) is 0.628. The number of carboxylic acid groups (broad SMARTS) is 1. The van der Waals surface area contributed by atoms with Crippen molar-refractivity contribution >= 4 is 16.0 Å². The summed E-state index contributed by atoms with van der Waals surface area (Å²) in [5, 5.41) is 9.18. The van der Waals surface area contributed by atoms with Crippen molar-refractivity contribution in [2.75, 3.05) is 0 Å². The van der Waals surface area contributed by atoms with Crippen molar-refractivity contribution in [2.24, 2.45) is 0 Å². The highest BCUT2D eigenvalue weighted by Crippen LogP contribution is 2.23. The summed E-state index contributed by atoms with van der Waals surface area (Å²) in [6.45, 7) is 5.41. The fraction of sp³-hybridized carbons (Fsp3) is 0.500. The van der Waals surface area contributed by atoms with Gasteiger partial charge in [-0.2, -0.15) is 0 Å². The first kappa shape index (κ1) is 16.7. The Morgan fingerprint density at radius 2 is 1.80 bits per heavy atom. The number of carboxylic acids is 1. The smallest absolute Gasteiger partial charge is 0.310 e. The van der Waals surface area contributed by atoms with Gasteiger partial charge >= 0.3 is 5.97 Å². The van der Waals surface area contributed by atoms with E-state index < -0.39 is 21.9 Å². The normalized spacial score (nSPS) is 13.4. The van der Waals surface area contributed by atoms with Crippen LogP contribution < -0.4 is 4.72 Å². The van der Waals surface area contributed by atoms with Gasteiger partial charge in [0.15, 0.2) is 0 Å². The van der Waals surface area contributed by atoms with E-state index in [1.165, 1.54) is 12.1 Å². The van der Waals surface area contributed by atoms with Crippen molar-refractivity contribution in [3.63, 3.8) is 0 Å². The first-order valence-electron chi connectivity index (χ1n) is 6.63. The lowest BCUT2D eigenvalue weighted by atomic mass is 9.95. The van der Waals surface area contributed by atoms with Gasteiger partial charge < -0.3 is 5.11 Å². The Balaban J connectivity index is 3.01. The third-order valence-corrected chi connectivity index (χ3v) is 4.53. The maximum absolute atomic E-state index is 12.0. The summed E-state index contributed by atoms with van der Waals surface area (Å²) in [4.78, 5) is 11.3. The molecule has 0 saturated heterocycles. The first-order valence-corrected chi connectivity index (χ1v) is 8.11. The molecular weight excluding hydrogens is 278 g/mol. The molecule has 0 amide bonds. The Labute approximate surface area is 120 Å². The average Bonchev–Trinajstić information content (AvgIpc) is 2.34. The maximum Gasteiger partial charge on any atom is 0.310 e. The number of nitrogens with one attached hydrogen (secondary N) is 1. The third kappa shape index (κ3) is 4.31. The molecule has 0 aromatic heterocycles. The number of hydrogen-bond acceptors (Lipinski definition) is 3. The highest BCUT2D eigenvalue weighted by Gasteiger charge is 2.20. The zero-order chi connectivity index (χ0) is 15.3. The molecule has 0 spiro atoms. The first-order chi connectivity index (χ1) is 9.27. The maximum atomic E-state index is 12.0. The van der Waals surface area contributed by atoms with Gasteiger partial charge in [-0.1, -0.05) is 25.5 Å². The van der Waals surface area contributed by atoms with E-state index in [1.807, 2.05) is 6.92 Å². The zero-order valence-electron chi connectivity index (χ0n) is 12.0. The van der Waals surface area contributed by atoms with Gasteiger partial charge in [-0.05, 0) is 38.0 Å². The molecule has 6 heteroatoms. The predicted molar refractivity (Wildman–Crippen MR) is 77.2 cm³/mol. The van der Waals surface area contributed by atoms with Crippen LogP contribution in [0.5, 0.6) is 0 Å². The van der Waals surface area contributed by atoms with Crippen LogP contribution in [-0.2, 0) is 14.8 Å². The molecule has 0 aliphatic heterocycles. The van der Waals surface area contributed by atoms with Crippen LogP contribution in [0.3, 0.4) is 0 Å². The average molecular weight is 299 g/mol. The van der Waals surface area contributed by atoms with E-state index in [-0.39, 0.29) is 10.9 Å². The van der Waals surface area contributed by atoms with E-state index in [2.05, 4.69) is 4.72 Å². The van der Waals surface area contributed by atoms with Gasteiger partial charge in [0.25, 0.3) is 0 Å². The molecule has 1 aromatic rings. The molecule has 2 N–H and O–H groups in total. The SMILES string of the molecule is CCCC(C(=O)O)c1ccc(S(=O)(=O)NC(C)C)cc1. The van der Waals surface area contributed by atoms with Crippen molar-refractivity contribution in [3.8, 4) is 0 Å². The second kappa shape index (κ2) is 6.85. The third-order valence-electron chi connectivity index (χ3n) is 2.86. The summed E-state index contributed by atoms with van der Waals surface area (Å²) in [7, 11) is -3.53. The van der Waals surface area contributed by atoms with Crippen LogP contribution in [0.4, 0.5) is 0 Å². The molecule has 0 saturated carbocycles.